The zero-order valence-corrected chi connectivity index (χ0v) is 13.0. The summed E-state index contributed by atoms with van der Waals surface area (Å²) in [6.07, 6.45) is 5.09. The fourth-order valence-electron chi connectivity index (χ4n) is 2.94. The Hall–Kier alpha value is -1.56. The number of carbonyl (C=O) groups excluding carboxylic acids is 1. The molecule has 0 aliphatic heterocycles. The molecule has 5 nitrogen and oxygen atoms in total. The molecule has 2 rings (SSSR count). The number of hydrogen-bond acceptors (Lipinski definition) is 4. The van der Waals surface area contributed by atoms with Crippen molar-refractivity contribution in [3.05, 3.63) is 16.3 Å². The van der Waals surface area contributed by atoms with Crippen LogP contribution < -0.4 is 10.1 Å². The molecule has 1 fully saturated rings. The van der Waals surface area contributed by atoms with Crippen molar-refractivity contribution in [3.63, 3.8) is 0 Å². The Balaban J connectivity index is 1.97. The quantitative estimate of drug-likeness (QED) is 0.847. The minimum atomic E-state index is -0.788. The van der Waals surface area contributed by atoms with Gasteiger partial charge in [-0.25, -0.2) is 0 Å². The van der Waals surface area contributed by atoms with E-state index in [4.69, 9.17) is 9.84 Å². The Morgan fingerprint density at radius 1 is 1.38 bits per heavy atom. The Bertz CT molecular complexity index is 506. The molecule has 1 aliphatic carbocycles. The van der Waals surface area contributed by atoms with E-state index in [2.05, 4.69) is 5.32 Å². The summed E-state index contributed by atoms with van der Waals surface area (Å²) in [5.74, 6) is -0.273. The maximum absolute atomic E-state index is 12.1. The monoisotopic (exact) mass is 311 g/mol. The predicted octanol–water partition coefficient (Wildman–Crippen LogP) is 2.91. The molecule has 1 aromatic heterocycles. The Labute approximate surface area is 128 Å². The normalized spacial score (nSPS) is 17.2. The number of hydrogen-bond donors (Lipinski definition) is 2. The molecule has 1 amide bonds. The van der Waals surface area contributed by atoms with E-state index in [1.807, 2.05) is 0 Å². The first-order valence-corrected chi connectivity index (χ1v) is 8.05. The van der Waals surface area contributed by atoms with Crippen molar-refractivity contribution >= 4 is 23.2 Å². The van der Waals surface area contributed by atoms with Crippen molar-refractivity contribution in [1.82, 2.24) is 5.32 Å². The highest BCUT2D eigenvalue weighted by Gasteiger charge is 2.34. The summed E-state index contributed by atoms with van der Waals surface area (Å²) in [6.45, 7) is 0.429. The number of rotatable bonds is 6. The average molecular weight is 311 g/mol. The van der Waals surface area contributed by atoms with Crippen LogP contribution in [0.4, 0.5) is 0 Å². The van der Waals surface area contributed by atoms with Gasteiger partial charge in [-0.05, 0) is 18.3 Å². The van der Waals surface area contributed by atoms with E-state index in [1.54, 1.807) is 18.6 Å². The van der Waals surface area contributed by atoms with Gasteiger partial charge in [-0.15, -0.1) is 11.3 Å². The van der Waals surface area contributed by atoms with Crippen molar-refractivity contribution in [2.45, 2.75) is 38.5 Å². The lowest BCUT2D eigenvalue weighted by molar-refractivity contribution is -0.140. The average Bonchev–Trinajstić information content (AvgIpc) is 2.94. The number of carbonyl (C=O) groups is 2. The Kier molecular flexibility index (Phi) is 5.22. The predicted molar refractivity (Wildman–Crippen MR) is 81.0 cm³/mol. The smallest absolute Gasteiger partial charge is 0.303 e. The Morgan fingerprint density at radius 3 is 2.67 bits per heavy atom. The SMILES string of the molecule is COc1csc(C(=O)NCC2(CC(=O)O)CCCCC2)c1. The lowest BCUT2D eigenvalue weighted by Crippen LogP contribution is -2.40. The van der Waals surface area contributed by atoms with Crippen LogP contribution in [0.15, 0.2) is 11.4 Å². The van der Waals surface area contributed by atoms with Crippen LogP contribution in [-0.4, -0.2) is 30.6 Å². The number of amides is 1. The zero-order valence-electron chi connectivity index (χ0n) is 12.2. The van der Waals surface area contributed by atoms with Crippen LogP contribution in [0.1, 0.15) is 48.2 Å². The molecule has 0 atom stereocenters. The molecule has 0 unspecified atom stereocenters. The van der Waals surface area contributed by atoms with Crippen molar-refractivity contribution in [2.24, 2.45) is 5.41 Å². The van der Waals surface area contributed by atoms with E-state index in [0.29, 0.717) is 17.2 Å². The van der Waals surface area contributed by atoms with E-state index in [9.17, 15) is 9.59 Å². The minimum absolute atomic E-state index is 0.126. The number of nitrogens with one attached hydrogen (secondary N) is 1. The molecule has 2 N–H and O–H groups in total. The molecule has 1 saturated carbocycles. The zero-order chi connectivity index (χ0) is 15.3. The van der Waals surface area contributed by atoms with Gasteiger partial charge in [-0.3, -0.25) is 9.59 Å². The standard InChI is InChI=1S/C15H21NO4S/c1-20-11-7-12(21-9-11)14(19)16-10-15(8-13(17)18)5-3-2-4-6-15/h7,9H,2-6,8,10H2,1H3,(H,16,19)(H,17,18). The van der Waals surface area contributed by atoms with Gasteiger partial charge in [-0.2, -0.15) is 0 Å². The van der Waals surface area contributed by atoms with Crippen molar-refractivity contribution < 1.29 is 19.4 Å². The molecule has 6 heteroatoms. The van der Waals surface area contributed by atoms with Gasteiger partial charge >= 0.3 is 5.97 Å². The first-order valence-electron chi connectivity index (χ1n) is 7.17. The highest BCUT2D eigenvalue weighted by atomic mass is 32.1. The van der Waals surface area contributed by atoms with Gasteiger partial charge in [0.25, 0.3) is 5.91 Å². The number of thiophene rings is 1. The topological polar surface area (TPSA) is 75.6 Å². The molecular formula is C15H21NO4S. The van der Waals surface area contributed by atoms with Crippen LogP contribution in [0.5, 0.6) is 5.75 Å². The van der Waals surface area contributed by atoms with Gasteiger partial charge in [-0.1, -0.05) is 19.3 Å². The number of carboxylic acids is 1. The van der Waals surface area contributed by atoms with E-state index in [-0.39, 0.29) is 17.7 Å². The highest BCUT2D eigenvalue weighted by molar-refractivity contribution is 7.12. The van der Waals surface area contributed by atoms with Crippen LogP contribution in [0, 0.1) is 5.41 Å². The van der Waals surface area contributed by atoms with Crippen LogP contribution in [0.25, 0.3) is 0 Å². The van der Waals surface area contributed by atoms with Crippen LogP contribution in [-0.2, 0) is 4.79 Å². The Morgan fingerprint density at radius 2 is 2.10 bits per heavy atom. The first-order chi connectivity index (χ1) is 10.0. The van der Waals surface area contributed by atoms with Crippen LogP contribution in [0.3, 0.4) is 0 Å². The maximum Gasteiger partial charge on any atom is 0.303 e. The fraction of sp³-hybridized carbons (Fsp3) is 0.600. The van der Waals surface area contributed by atoms with Gasteiger partial charge in [0.15, 0.2) is 0 Å². The third kappa shape index (κ3) is 4.20. The van der Waals surface area contributed by atoms with Gasteiger partial charge in [0.05, 0.1) is 18.4 Å². The molecule has 1 aromatic rings. The lowest BCUT2D eigenvalue weighted by Gasteiger charge is -2.36. The van der Waals surface area contributed by atoms with Crippen molar-refractivity contribution in [1.29, 1.82) is 0 Å². The molecule has 0 spiro atoms. The first kappa shape index (κ1) is 15.8. The van der Waals surface area contributed by atoms with E-state index in [1.165, 1.54) is 11.3 Å². The van der Waals surface area contributed by atoms with E-state index >= 15 is 0 Å². The van der Waals surface area contributed by atoms with Crippen LogP contribution in [0.2, 0.25) is 0 Å². The fourth-order valence-corrected chi connectivity index (χ4v) is 3.71. The summed E-state index contributed by atoms with van der Waals surface area (Å²) in [7, 11) is 1.56. The lowest BCUT2D eigenvalue weighted by atomic mass is 9.71. The number of aliphatic carboxylic acids is 1. The molecule has 0 radical (unpaired) electrons. The van der Waals surface area contributed by atoms with Gasteiger partial charge < -0.3 is 15.2 Å². The van der Waals surface area contributed by atoms with Crippen molar-refractivity contribution in [3.8, 4) is 5.75 Å². The van der Waals surface area contributed by atoms with E-state index in [0.717, 1.165) is 32.1 Å². The molecule has 0 aromatic carbocycles. The number of ether oxygens (including phenoxy) is 1. The minimum Gasteiger partial charge on any atom is -0.496 e. The van der Waals surface area contributed by atoms with Crippen molar-refractivity contribution in [2.75, 3.05) is 13.7 Å². The molecule has 0 saturated heterocycles. The summed E-state index contributed by atoms with van der Waals surface area (Å²) in [4.78, 5) is 23.8. The number of carboxylic acid groups (broad SMARTS) is 1. The second-order valence-electron chi connectivity index (χ2n) is 5.66. The van der Waals surface area contributed by atoms with E-state index < -0.39 is 5.97 Å². The van der Waals surface area contributed by atoms with Gasteiger partial charge in [0.1, 0.15) is 5.75 Å². The summed E-state index contributed by atoms with van der Waals surface area (Å²) in [5, 5.41) is 13.8. The number of methoxy groups -OCH3 is 1. The van der Waals surface area contributed by atoms with Crippen LogP contribution >= 0.6 is 11.3 Å². The molecule has 1 aliphatic rings. The third-order valence-electron chi connectivity index (χ3n) is 4.10. The molecule has 21 heavy (non-hydrogen) atoms. The van der Waals surface area contributed by atoms with Gasteiger partial charge in [0.2, 0.25) is 0 Å². The summed E-state index contributed by atoms with van der Waals surface area (Å²) in [5.41, 5.74) is -0.291. The summed E-state index contributed by atoms with van der Waals surface area (Å²) < 4.78 is 5.06. The molecule has 1 heterocycles. The second kappa shape index (κ2) is 6.93. The molecular weight excluding hydrogens is 290 g/mol. The largest absolute Gasteiger partial charge is 0.496 e. The molecule has 0 bridgehead atoms. The third-order valence-corrected chi connectivity index (χ3v) is 5.01. The second-order valence-corrected chi connectivity index (χ2v) is 6.58. The van der Waals surface area contributed by atoms with Gasteiger partial charge in [0, 0.05) is 18.0 Å². The molecule has 116 valence electrons. The maximum atomic E-state index is 12.1. The summed E-state index contributed by atoms with van der Waals surface area (Å²) in [6, 6.07) is 1.70. The summed E-state index contributed by atoms with van der Waals surface area (Å²) >= 11 is 1.33. The highest BCUT2D eigenvalue weighted by Crippen LogP contribution is 2.38.